The number of rotatable bonds is 7. The average molecular weight is 523 g/mol. The molecule has 38 heavy (non-hydrogen) atoms. The number of phenolic OH excluding ortho intramolecular Hbond substituents is 1. The van der Waals surface area contributed by atoms with Crippen LogP contribution in [-0.4, -0.2) is 47.0 Å². The van der Waals surface area contributed by atoms with Crippen LogP contribution in [0.2, 0.25) is 0 Å². The van der Waals surface area contributed by atoms with E-state index in [1.807, 2.05) is 32.1 Å². The third-order valence-electron chi connectivity index (χ3n) is 8.86. The molecule has 6 nitrogen and oxygen atoms in total. The van der Waals surface area contributed by atoms with E-state index in [0.29, 0.717) is 29.1 Å². The van der Waals surface area contributed by atoms with E-state index in [1.165, 1.54) is 5.57 Å². The fourth-order valence-corrected chi connectivity index (χ4v) is 6.08. The normalized spacial score (nSPS) is 28.8. The largest absolute Gasteiger partial charge is 0.506 e. The first kappa shape index (κ1) is 27.0. The van der Waals surface area contributed by atoms with Crippen LogP contribution in [0.25, 0.3) is 6.08 Å². The molecule has 0 radical (unpaired) electrons. The summed E-state index contributed by atoms with van der Waals surface area (Å²) in [5.74, 6) is 0.763. The van der Waals surface area contributed by atoms with Gasteiger partial charge in [-0.05, 0) is 86.3 Å². The molecule has 0 spiro atoms. The van der Waals surface area contributed by atoms with Crippen LogP contribution in [0.1, 0.15) is 95.6 Å². The van der Waals surface area contributed by atoms with Crippen molar-refractivity contribution >= 4 is 11.9 Å². The molecule has 206 valence electrons. The molecule has 4 atom stereocenters. The molecule has 3 heterocycles. The number of aromatic hydroxyl groups is 1. The second-order valence-electron chi connectivity index (χ2n) is 12.8. The minimum Gasteiger partial charge on any atom is -0.506 e. The minimum absolute atomic E-state index is 0.0145. The molecule has 2 unspecified atom stereocenters. The summed E-state index contributed by atoms with van der Waals surface area (Å²) in [7, 11) is 1.70. The molecule has 4 aliphatic rings. The highest BCUT2D eigenvalue weighted by atomic mass is 16.6. The number of allylic oxidation sites excluding steroid dienone is 3. The summed E-state index contributed by atoms with van der Waals surface area (Å²) in [6, 6.07) is 0. The van der Waals surface area contributed by atoms with Gasteiger partial charge in [0.05, 0.1) is 22.9 Å². The molecule has 1 fully saturated rings. The molecule has 3 aliphatic heterocycles. The Morgan fingerprint density at radius 3 is 2.58 bits per heavy atom. The topological polar surface area (TPSA) is 77.5 Å². The Labute approximate surface area is 226 Å². The van der Waals surface area contributed by atoms with Crippen molar-refractivity contribution in [2.45, 2.75) is 110 Å². The Morgan fingerprint density at radius 2 is 1.95 bits per heavy atom. The number of benzene rings is 1. The number of hydrogen-bond donors (Lipinski definition) is 1. The molecule has 1 aliphatic carbocycles. The first-order valence-electron chi connectivity index (χ1n) is 13.9. The minimum atomic E-state index is -0.552. The molecule has 0 bridgehead atoms. The van der Waals surface area contributed by atoms with Crippen molar-refractivity contribution in [1.82, 2.24) is 0 Å². The monoisotopic (exact) mass is 522 g/mol. The van der Waals surface area contributed by atoms with E-state index in [4.69, 9.17) is 18.9 Å². The first-order valence-corrected chi connectivity index (χ1v) is 13.9. The summed E-state index contributed by atoms with van der Waals surface area (Å²) < 4.78 is 25.3. The molecule has 0 aromatic heterocycles. The van der Waals surface area contributed by atoms with Gasteiger partial charge in [0, 0.05) is 30.6 Å². The van der Waals surface area contributed by atoms with E-state index in [0.717, 1.165) is 31.2 Å². The molecule has 1 N–H and O–H groups in total. The van der Waals surface area contributed by atoms with Crippen LogP contribution in [0.5, 0.6) is 17.2 Å². The van der Waals surface area contributed by atoms with Crippen LogP contribution in [-0.2, 0) is 15.9 Å². The van der Waals surface area contributed by atoms with E-state index in [2.05, 4.69) is 40.7 Å². The van der Waals surface area contributed by atoms with Gasteiger partial charge in [-0.15, -0.1) is 0 Å². The fraction of sp³-hybridized carbons (Fsp3) is 0.594. The Bertz CT molecular complexity index is 1250. The summed E-state index contributed by atoms with van der Waals surface area (Å²) in [5, 5.41) is 11.5. The molecule has 1 aromatic rings. The number of ether oxygens (including phenoxy) is 4. The number of carbonyl (C=O) groups excluding carboxylic acids is 1. The fourth-order valence-electron chi connectivity index (χ4n) is 6.08. The van der Waals surface area contributed by atoms with Gasteiger partial charge in [-0.25, -0.2) is 0 Å². The number of methoxy groups -OCH3 is 1. The van der Waals surface area contributed by atoms with Gasteiger partial charge < -0.3 is 24.1 Å². The SMILES string of the molecule is COC(C)(C)[C@H]1CCC=C2C(=O)c3c(O)c4c(c(CC5OC5(C)C)c3OC21)O[C@@](C)(CCC=C(C)C)C=C4. The van der Waals surface area contributed by atoms with Crippen LogP contribution in [0.15, 0.2) is 29.4 Å². The molecule has 0 saturated carbocycles. The van der Waals surface area contributed by atoms with Gasteiger partial charge in [-0.1, -0.05) is 17.7 Å². The molecule has 1 saturated heterocycles. The van der Waals surface area contributed by atoms with Gasteiger partial charge in [-0.2, -0.15) is 0 Å². The number of hydrogen-bond acceptors (Lipinski definition) is 6. The lowest BCUT2D eigenvalue weighted by molar-refractivity contribution is -0.0656. The molecule has 1 aromatic carbocycles. The van der Waals surface area contributed by atoms with Gasteiger partial charge in [0.2, 0.25) is 0 Å². The van der Waals surface area contributed by atoms with Crippen LogP contribution < -0.4 is 9.47 Å². The van der Waals surface area contributed by atoms with Crippen molar-refractivity contribution in [1.29, 1.82) is 0 Å². The van der Waals surface area contributed by atoms with Crippen molar-refractivity contribution in [3.05, 3.63) is 46.1 Å². The zero-order valence-corrected chi connectivity index (χ0v) is 24.1. The lowest BCUT2D eigenvalue weighted by Gasteiger charge is -2.44. The second-order valence-corrected chi connectivity index (χ2v) is 12.8. The lowest BCUT2D eigenvalue weighted by Crippen LogP contribution is -2.49. The summed E-state index contributed by atoms with van der Waals surface area (Å²) in [6.45, 7) is 14.5. The quantitative estimate of drug-likeness (QED) is 0.316. The van der Waals surface area contributed by atoms with Crippen LogP contribution in [0, 0.1) is 5.92 Å². The first-order chi connectivity index (χ1) is 17.8. The standard InChI is InChI=1S/C32H42O6/c1-18(2)11-10-15-32(7)16-14-20-26(34)24-25(33)19-12-9-13-22(30(3,4)35-8)28(19)36-29(24)21(27(20)38-32)17-23-31(5,6)37-23/h11-12,14,16,22-23,28,34H,9-10,13,15,17H2,1-8H3/t22-,23?,28?,32-/m0/s1. The summed E-state index contributed by atoms with van der Waals surface area (Å²) >= 11 is 0. The molecular formula is C32H42O6. The maximum atomic E-state index is 14.0. The van der Waals surface area contributed by atoms with Crippen molar-refractivity contribution in [2.24, 2.45) is 5.92 Å². The van der Waals surface area contributed by atoms with Gasteiger partial charge in [0.25, 0.3) is 0 Å². The molecule has 0 amide bonds. The Kier molecular flexibility index (Phi) is 6.59. The van der Waals surface area contributed by atoms with Gasteiger partial charge in [0.1, 0.15) is 34.5 Å². The van der Waals surface area contributed by atoms with Crippen molar-refractivity contribution < 1.29 is 28.8 Å². The molecule has 5 rings (SSSR count). The third kappa shape index (κ3) is 4.60. The van der Waals surface area contributed by atoms with E-state index in [9.17, 15) is 9.90 Å². The maximum absolute atomic E-state index is 14.0. The number of phenols is 1. The van der Waals surface area contributed by atoms with Crippen LogP contribution in [0.4, 0.5) is 0 Å². The van der Waals surface area contributed by atoms with E-state index >= 15 is 0 Å². The maximum Gasteiger partial charge on any atom is 0.199 e. The average Bonchev–Trinajstić information content (AvgIpc) is 3.46. The van der Waals surface area contributed by atoms with E-state index in [1.54, 1.807) is 7.11 Å². The molecular weight excluding hydrogens is 480 g/mol. The highest BCUT2D eigenvalue weighted by molar-refractivity contribution is 6.15. The number of carbonyl (C=O) groups is 1. The van der Waals surface area contributed by atoms with Gasteiger partial charge in [-0.3, -0.25) is 4.79 Å². The zero-order valence-electron chi connectivity index (χ0n) is 24.1. The summed E-state index contributed by atoms with van der Waals surface area (Å²) in [6.07, 6.45) is 11.4. The molecule has 6 heteroatoms. The highest BCUT2D eigenvalue weighted by Crippen LogP contribution is 2.54. The van der Waals surface area contributed by atoms with Crippen molar-refractivity contribution in [3.63, 3.8) is 0 Å². The van der Waals surface area contributed by atoms with Crippen molar-refractivity contribution in [2.75, 3.05) is 7.11 Å². The predicted octanol–water partition coefficient (Wildman–Crippen LogP) is 6.73. The smallest absolute Gasteiger partial charge is 0.199 e. The lowest BCUT2D eigenvalue weighted by atomic mass is 9.73. The number of ketones is 1. The van der Waals surface area contributed by atoms with Gasteiger partial charge >= 0.3 is 0 Å². The predicted molar refractivity (Wildman–Crippen MR) is 148 cm³/mol. The van der Waals surface area contributed by atoms with Crippen molar-refractivity contribution in [3.8, 4) is 17.2 Å². The van der Waals surface area contributed by atoms with E-state index < -0.39 is 17.3 Å². The summed E-state index contributed by atoms with van der Waals surface area (Å²) in [5.41, 5.74) is 2.15. The Balaban J connectivity index is 1.63. The summed E-state index contributed by atoms with van der Waals surface area (Å²) in [4.78, 5) is 14.0. The third-order valence-corrected chi connectivity index (χ3v) is 8.86. The Morgan fingerprint density at radius 1 is 1.24 bits per heavy atom. The number of epoxide rings is 1. The van der Waals surface area contributed by atoms with Crippen LogP contribution in [0.3, 0.4) is 0 Å². The van der Waals surface area contributed by atoms with Crippen LogP contribution >= 0.6 is 0 Å². The number of fused-ring (bicyclic) bond motifs is 3. The van der Waals surface area contributed by atoms with E-state index in [-0.39, 0.29) is 34.7 Å². The van der Waals surface area contributed by atoms with Gasteiger partial charge in [0.15, 0.2) is 5.78 Å². The highest BCUT2D eigenvalue weighted by Gasteiger charge is 2.52. The number of Topliss-reactive ketones (excluding diaryl/α,β-unsaturated/α-hetero) is 1. The Hall–Kier alpha value is -2.57. The zero-order chi connectivity index (χ0) is 27.6. The second kappa shape index (κ2) is 9.27.